The number of methoxy groups -OCH3 is 1. The van der Waals surface area contributed by atoms with Gasteiger partial charge in [0.25, 0.3) is 0 Å². The van der Waals surface area contributed by atoms with Gasteiger partial charge in [0.2, 0.25) is 5.95 Å². The molecule has 0 unspecified atom stereocenters. The van der Waals surface area contributed by atoms with Gasteiger partial charge < -0.3 is 15.4 Å². The van der Waals surface area contributed by atoms with E-state index in [9.17, 15) is 9.18 Å². The minimum absolute atomic E-state index is 0.299. The van der Waals surface area contributed by atoms with E-state index in [0.29, 0.717) is 17.3 Å². The first-order valence-electron chi connectivity index (χ1n) is 7.87. The number of ether oxygens (including phenoxy) is 1. The van der Waals surface area contributed by atoms with Gasteiger partial charge in [-0.2, -0.15) is 4.98 Å². The molecule has 132 valence electrons. The molecule has 0 bridgehead atoms. The molecule has 0 saturated carbocycles. The van der Waals surface area contributed by atoms with Gasteiger partial charge in [0.05, 0.1) is 12.7 Å². The largest absolute Gasteiger partial charge is 0.465 e. The van der Waals surface area contributed by atoms with Crippen LogP contribution in [0.15, 0.2) is 54.6 Å². The van der Waals surface area contributed by atoms with E-state index in [-0.39, 0.29) is 5.82 Å². The molecule has 0 aliphatic rings. The number of aryl methyl sites for hydroxylation is 1. The predicted octanol–water partition coefficient (Wildman–Crippen LogP) is 4.20. The fourth-order valence-electron chi connectivity index (χ4n) is 2.31. The highest BCUT2D eigenvalue weighted by Crippen LogP contribution is 2.20. The van der Waals surface area contributed by atoms with Crippen LogP contribution < -0.4 is 10.6 Å². The van der Waals surface area contributed by atoms with Crippen LogP contribution in [-0.2, 0) is 4.74 Å². The molecule has 0 atom stereocenters. The summed E-state index contributed by atoms with van der Waals surface area (Å²) in [5.41, 5.74) is 2.68. The van der Waals surface area contributed by atoms with Gasteiger partial charge in [0, 0.05) is 23.1 Å². The Morgan fingerprint density at radius 1 is 0.962 bits per heavy atom. The second kappa shape index (κ2) is 7.60. The number of aromatic nitrogens is 2. The number of carbonyl (C=O) groups excluding carboxylic acids is 1. The molecule has 0 saturated heterocycles. The SMILES string of the molecule is COC(=O)c1ccc(Nc2nc(C)cc(Nc3ccc(F)cc3)n2)cc1. The van der Waals surface area contributed by atoms with E-state index < -0.39 is 5.97 Å². The Morgan fingerprint density at radius 2 is 1.58 bits per heavy atom. The standard InChI is InChI=1S/C19H17FN4O2/c1-12-11-17(22-15-9-5-14(20)6-10-15)24-19(21-12)23-16-7-3-13(4-8-16)18(25)26-2/h3-11H,1-2H3,(H2,21,22,23,24). The zero-order valence-electron chi connectivity index (χ0n) is 14.3. The first-order chi connectivity index (χ1) is 12.5. The van der Waals surface area contributed by atoms with Crippen molar-refractivity contribution in [1.29, 1.82) is 0 Å². The van der Waals surface area contributed by atoms with Crippen molar-refractivity contribution in [3.8, 4) is 0 Å². The minimum Gasteiger partial charge on any atom is -0.465 e. The number of halogens is 1. The van der Waals surface area contributed by atoms with E-state index >= 15 is 0 Å². The van der Waals surface area contributed by atoms with Gasteiger partial charge in [0.15, 0.2) is 0 Å². The Labute approximate surface area is 150 Å². The molecular weight excluding hydrogens is 335 g/mol. The Morgan fingerprint density at radius 3 is 2.23 bits per heavy atom. The van der Waals surface area contributed by atoms with Gasteiger partial charge in [-0.1, -0.05) is 0 Å². The number of nitrogens with one attached hydrogen (secondary N) is 2. The van der Waals surface area contributed by atoms with Crippen LogP contribution in [0.25, 0.3) is 0 Å². The van der Waals surface area contributed by atoms with Crippen molar-refractivity contribution in [2.75, 3.05) is 17.7 Å². The van der Waals surface area contributed by atoms with E-state index in [4.69, 9.17) is 0 Å². The third-order valence-electron chi connectivity index (χ3n) is 3.53. The van der Waals surface area contributed by atoms with Crippen LogP contribution in [-0.4, -0.2) is 23.0 Å². The Bertz CT molecular complexity index is 912. The quantitative estimate of drug-likeness (QED) is 0.670. The van der Waals surface area contributed by atoms with Crippen molar-refractivity contribution >= 4 is 29.1 Å². The highest BCUT2D eigenvalue weighted by atomic mass is 19.1. The third kappa shape index (κ3) is 4.32. The van der Waals surface area contributed by atoms with Gasteiger partial charge in [-0.05, 0) is 55.5 Å². The van der Waals surface area contributed by atoms with E-state index in [0.717, 1.165) is 17.1 Å². The van der Waals surface area contributed by atoms with Crippen LogP contribution in [0.2, 0.25) is 0 Å². The summed E-state index contributed by atoms with van der Waals surface area (Å²) in [6.07, 6.45) is 0. The highest BCUT2D eigenvalue weighted by Gasteiger charge is 2.07. The third-order valence-corrected chi connectivity index (χ3v) is 3.53. The molecule has 26 heavy (non-hydrogen) atoms. The van der Waals surface area contributed by atoms with Crippen molar-refractivity contribution in [2.24, 2.45) is 0 Å². The summed E-state index contributed by atoms with van der Waals surface area (Å²) in [5, 5.41) is 6.20. The van der Waals surface area contributed by atoms with Crippen LogP contribution in [0.5, 0.6) is 0 Å². The van der Waals surface area contributed by atoms with Gasteiger partial charge in [-0.15, -0.1) is 0 Å². The summed E-state index contributed by atoms with van der Waals surface area (Å²) in [6.45, 7) is 1.85. The van der Waals surface area contributed by atoms with Crippen molar-refractivity contribution in [1.82, 2.24) is 9.97 Å². The second-order valence-corrected chi connectivity index (χ2v) is 5.54. The summed E-state index contributed by atoms with van der Waals surface area (Å²) in [4.78, 5) is 20.2. The molecule has 1 heterocycles. The molecule has 0 spiro atoms. The van der Waals surface area contributed by atoms with Crippen LogP contribution in [0.1, 0.15) is 16.1 Å². The molecule has 0 fully saturated rings. The minimum atomic E-state index is -0.394. The monoisotopic (exact) mass is 352 g/mol. The number of nitrogens with zero attached hydrogens (tertiary/aromatic N) is 2. The molecule has 7 heteroatoms. The lowest BCUT2D eigenvalue weighted by molar-refractivity contribution is 0.0601. The number of esters is 1. The lowest BCUT2D eigenvalue weighted by Crippen LogP contribution is -2.03. The summed E-state index contributed by atoms with van der Waals surface area (Å²) < 4.78 is 17.7. The predicted molar refractivity (Wildman–Crippen MR) is 97.5 cm³/mol. The zero-order valence-corrected chi connectivity index (χ0v) is 14.3. The number of carbonyl (C=O) groups is 1. The van der Waals surface area contributed by atoms with E-state index in [1.807, 2.05) is 6.92 Å². The summed E-state index contributed by atoms with van der Waals surface area (Å²) >= 11 is 0. The first kappa shape index (κ1) is 17.3. The molecule has 0 amide bonds. The number of hydrogen-bond acceptors (Lipinski definition) is 6. The lowest BCUT2D eigenvalue weighted by atomic mass is 10.2. The Kier molecular flexibility index (Phi) is 5.07. The van der Waals surface area contributed by atoms with Crippen molar-refractivity contribution in [3.05, 3.63) is 71.7 Å². The second-order valence-electron chi connectivity index (χ2n) is 5.54. The topological polar surface area (TPSA) is 76.1 Å². The average Bonchev–Trinajstić information content (AvgIpc) is 2.63. The van der Waals surface area contributed by atoms with Crippen LogP contribution in [0.4, 0.5) is 27.5 Å². The fraction of sp³-hybridized carbons (Fsp3) is 0.105. The summed E-state index contributed by atoms with van der Waals surface area (Å²) in [6, 6.07) is 14.6. The normalized spacial score (nSPS) is 10.3. The molecule has 0 aliphatic heterocycles. The lowest BCUT2D eigenvalue weighted by Gasteiger charge is -2.10. The number of anilines is 4. The molecule has 2 N–H and O–H groups in total. The summed E-state index contributed by atoms with van der Waals surface area (Å²) in [5.74, 6) is 0.291. The molecule has 2 aromatic carbocycles. The van der Waals surface area contributed by atoms with Gasteiger partial charge in [-0.3, -0.25) is 0 Å². The zero-order chi connectivity index (χ0) is 18.5. The number of rotatable bonds is 5. The maximum Gasteiger partial charge on any atom is 0.337 e. The van der Waals surface area contributed by atoms with Gasteiger partial charge in [-0.25, -0.2) is 14.2 Å². The van der Waals surface area contributed by atoms with Crippen molar-refractivity contribution in [2.45, 2.75) is 6.92 Å². The molecule has 1 aromatic heterocycles. The number of benzene rings is 2. The van der Waals surface area contributed by atoms with E-state index in [2.05, 4.69) is 25.3 Å². The molecular formula is C19H17FN4O2. The van der Waals surface area contributed by atoms with E-state index in [1.165, 1.54) is 19.2 Å². The van der Waals surface area contributed by atoms with Crippen LogP contribution >= 0.6 is 0 Å². The molecule has 3 aromatic rings. The smallest absolute Gasteiger partial charge is 0.337 e. The summed E-state index contributed by atoms with van der Waals surface area (Å²) in [7, 11) is 1.34. The first-order valence-corrected chi connectivity index (χ1v) is 7.87. The highest BCUT2D eigenvalue weighted by molar-refractivity contribution is 5.89. The van der Waals surface area contributed by atoms with Gasteiger partial charge in [0.1, 0.15) is 11.6 Å². The molecule has 3 rings (SSSR count). The maximum atomic E-state index is 13.0. The van der Waals surface area contributed by atoms with Crippen molar-refractivity contribution < 1.29 is 13.9 Å². The van der Waals surface area contributed by atoms with Crippen molar-refractivity contribution in [3.63, 3.8) is 0 Å². The number of hydrogen-bond donors (Lipinski definition) is 2. The fourth-order valence-corrected chi connectivity index (χ4v) is 2.31. The van der Waals surface area contributed by atoms with Crippen LogP contribution in [0.3, 0.4) is 0 Å². The maximum absolute atomic E-state index is 13.0. The van der Waals surface area contributed by atoms with E-state index in [1.54, 1.807) is 42.5 Å². The Hall–Kier alpha value is -3.48. The molecule has 6 nitrogen and oxygen atoms in total. The average molecular weight is 352 g/mol. The van der Waals surface area contributed by atoms with Crippen LogP contribution in [0, 0.1) is 12.7 Å². The Balaban J connectivity index is 1.77. The molecule has 0 radical (unpaired) electrons. The van der Waals surface area contributed by atoms with Gasteiger partial charge >= 0.3 is 5.97 Å². The molecule has 0 aliphatic carbocycles.